The maximum Gasteiger partial charge on any atom is 0.0374 e. The molecule has 1 aromatic rings. The van der Waals surface area contributed by atoms with E-state index in [1.54, 1.807) is 0 Å². The van der Waals surface area contributed by atoms with Crippen molar-refractivity contribution >= 4 is 0 Å². The minimum absolute atomic E-state index is 0.423. The molecule has 1 aliphatic rings. The zero-order valence-electron chi connectivity index (χ0n) is 14.4. The van der Waals surface area contributed by atoms with E-state index in [-0.39, 0.29) is 0 Å². The first-order valence-corrected chi connectivity index (χ1v) is 8.94. The third-order valence-corrected chi connectivity index (χ3v) is 5.55. The SMILES string of the molecule is CCNC(c1ccc(C(C)CC)cc1)C1(C)CCCCC1. The summed E-state index contributed by atoms with van der Waals surface area (Å²) in [5.74, 6) is 0.668. The van der Waals surface area contributed by atoms with Gasteiger partial charge in [-0.3, -0.25) is 0 Å². The van der Waals surface area contributed by atoms with Crippen LogP contribution in [-0.4, -0.2) is 6.54 Å². The summed E-state index contributed by atoms with van der Waals surface area (Å²) in [5, 5.41) is 3.77. The summed E-state index contributed by atoms with van der Waals surface area (Å²) < 4.78 is 0. The van der Waals surface area contributed by atoms with E-state index < -0.39 is 0 Å². The van der Waals surface area contributed by atoms with Crippen molar-refractivity contribution in [3.63, 3.8) is 0 Å². The molecular formula is C20H33N. The Kier molecular flexibility index (Phi) is 5.87. The molecule has 0 aromatic heterocycles. The van der Waals surface area contributed by atoms with Gasteiger partial charge in [-0.05, 0) is 48.3 Å². The van der Waals surface area contributed by atoms with Gasteiger partial charge in [0.1, 0.15) is 0 Å². The number of rotatable bonds is 6. The molecule has 21 heavy (non-hydrogen) atoms. The zero-order valence-corrected chi connectivity index (χ0v) is 14.4. The molecule has 0 radical (unpaired) electrons. The van der Waals surface area contributed by atoms with Gasteiger partial charge in [-0.15, -0.1) is 0 Å². The van der Waals surface area contributed by atoms with E-state index in [0.717, 1.165) is 6.54 Å². The lowest BCUT2D eigenvalue weighted by Crippen LogP contribution is -2.37. The van der Waals surface area contributed by atoms with Crippen LogP contribution in [0.15, 0.2) is 24.3 Å². The van der Waals surface area contributed by atoms with Gasteiger partial charge < -0.3 is 5.32 Å². The first-order valence-electron chi connectivity index (χ1n) is 8.94. The standard InChI is InChI=1S/C20H33N/c1-5-16(3)17-10-12-18(13-11-17)19(21-6-2)20(4)14-8-7-9-15-20/h10-13,16,19,21H,5-9,14-15H2,1-4H3. The van der Waals surface area contributed by atoms with Crippen molar-refractivity contribution < 1.29 is 0 Å². The van der Waals surface area contributed by atoms with Gasteiger partial charge in [0.05, 0.1) is 0 Å². The largest absolute Gasteiger partial charge is 0.310 e. The molecule has 2 unspecified atom stereocenters. The van der Waals surface area contributed by atoms with Gasteiger partial charge in [0.2, 0.25) is 0 Å². The molecule has 0 heterocycles. The lowest BCUT2D eigenvalue weighted by molar-refractivity contribution is 0.146. The average molecular weight is 287 g/mol. The molecule has 0 saturated heterocycles. The van der Waals surface area contributed by atoms with Crippen LogP contribution in [0.5, 0.6) is 0 Å². The van der Waals surface area contributed by atoms with Gasteiger partial charge in [-0.2, -0.15) is 0 Å². The summed E-state index contributed by atoms with van der Waals surface area (Å²) in [7, 11) is 0. The summed E-state index contributed by atoms with van der Waals surface area (Å²) in [6.45, 7) is 10.4. The normalized spacial score (nSPS) is 21.0. The van der Waals surface area contributed by atoms with Crippen LogP contribution in [-0.2, 0) is 0 Å². The minimum atomic E-state index is 0.423. The van der Waals surface area contributed by atoms with Crippen LogP contribution in [0.1, 0.15) is 89.3 Å². The predicted octanol–water partition coefficient (Wildman–Crippen LogP) is 5.82. The van der Waals surface area contributed by atoms with Crippen molar-refractivity contribution in [1.29, 1.82) is 0 Å². The fraction of sp³-hybridized carbons (Fsp3) is 0.700. The van der Waals surface area contributed by atoms with Crippen LogP contribution in [0, 0.1) is 5.41 Å². The summed E-state index contributed by atoms with van der Waals surface area (Å²) in [5.41, 5.74) is 3.38. The van der Waals surface area contributed by atoms with Crippen molar-refractivity contribution in [2.24, 2.45) is 5.41 Å². The molecular weight excluding hydrogens is 254 g/mol. The summed E-state index contributed by atoms with van der Waals surface area (Å²) >= 11 is 0. The molecule has 1 aliphatic carbocycles. The summed E-state index contributed by atoms with van der Waals surface area (Å²) in [6, 6.07) is 9.94. The molecule has 2 atom stereocenters. The van der Waals surface area contributed by atoms with E-state index in [0.29, 0.717) is 17.4 Å². The fourth-order valence-corrected chi connectivity index (χ4v) is 3.87. The van der Waals surface area contributed by atoms with E-state index >= 15 is 0 Å². The van der Waals surface area contributed by atoms with E-state index in [4.69, 9.17) is 0 Å². The molecule has 0 bridgehead atoms. The fourth-order valence-electron chi connectivity index (χ4n) is 3.87. The lowest BCUT2D eigenvalue weighted by Gasteiger charge is -2.41. The monoisotopic (exact) mass is 287 g/mol. The van der Waals surface area contributed by atoms with Gasteiger partial charge >= 0.3 is 0 Å². The topological polar surface area (TPSA) is 12.0 Å². The van der Waals surface area contributed by atoms with E-state index in [1.807, 2.05) is 0 Å². The Morgan fingerprint density at radius 1 is 1.00 bits per heavy atom. The number of hydrogen-bond donors (Lipinski definition) is 1. The van der Waals surface area contributed by atoms with E-state index in [1.165, 1.54) is 49.7 Å². The second-order valence-electron chi connectivity index (χ2n) is 7.18. The summed E-state index contributed by atoms with van der Waals surface area (Å²) in [6.07, 6.45) is 8.14. The molecule has 2 rings (SSSR count). The molecule has 1 heteroatoms. The molecule has 1 nitrogen and oxygen atoms in total. The molecule has 118 valence electrons. The molecule has 0 amide bonds. The van der Waals surface area contributed by atoms with Crippen molar-refractivity contribution in [3.8, 4) is 0 Å². The molecule has 1 aromatic carbocycles. The van der Waals surface area contributed by atoms with Gasteiger partial charge in [0.15, 0.2) is 0 Å². The Bertz CT molecular complexity index is 414. The van der Waals surface area contributed by atoms with Crippen molar-refractivity contribution in [1.82, 2.24) is 5.32 Å². The third kappa shape index (κ3) is 3.88. The van der Waals surface area contributed by atoms with Crippen molar-refractivity contribution in [2.75, 3.05) is 6.54 Å². The molecule has 1 fully saturated rings. The van der Waals surface area contributed by atoms with Crippen molar-refractivity contribution in [3.05, 3.63) is 35.4 Å². The number of hydrogen-bond acceptors (Lipinski definition) is 1. The molecule has 0 spiro atoms. The highest BCUT2D eigenvalue weighted by molar-refractivity contribution is 5.28. The third-order valence-electron chi connectivity index (χ3n) is 5.55. The smallest absolute Gasteiger partial charge is 0.0374 e. The first kappa shape index (κ1) is 16.5. The van der Waals surface area contributed by atoms with Crippen LogP contribution in [0.4, 0.5) is 0 Å². The second-order valence-corrected chi connectivity index (χ2v) is 7.18. The van der Waals surface area contributed by atoms with Crippen molar-refractivity contribution in [2.45, 2.75) is 78.2 Å². The van der Waals surface area contributed by atoms with Gasteiger partial charge in [0, 0.05) is 6.04 Å². The van der Waals surface area contributed by atoms with Crippen LogP contribution in [0.3, 0.4) is 0 Å². The molecule has 1 N–H and O–H groups in total. The van der Waals surface area contributed by atoms with Crippen LogP contribution < -0.4 is 5.32 Å². The summed E-state index contributed by atoms with van der Waals surface area (Å²) in [4.78, 5) is 0. The second kappa shape index (κ2) is 7.45. The van der Waals surface area contributed by atoms with E-state index in [2.05, 4.69) is 57.3 Å². The Morgan fingerprint density at radius 2 is 1.57 bits per heavy atom. The molecule has 1 saturated carbocycles. The van der Waals surface area contributed by atoms with Crippen LogP contribution >= 0.6 is 0 Å². The first-order chi connectivity index (χ1) is 10.1. The number of benzene rings is 1. The Morgan fingerprint density at radius 3 is 2.10 bits per heavy atom. The average Bonchev–Trinajstić information content (AvgIpc) is 2.52. The minimum Gasteiger partial charge on any atom is -0.310 e. The highest BCUT2D eigenvalue weighted by atomic mass is 14.9. The Hall–Kier alpha value is -0.820. The highest BCUT2D eigenvalue weighted by Gasteiger charge is 2.35. The quantitative estimate of drug-likeness (QED) is 0.695. The van der Waals surface area contributed by atoms with E-state index in [9.17, 15) is 0 Å². The predicted molar refractivity (Wildman–Crippen MR) is 92.8 cm³/mol. The highest BCUT2D eigenvalue weighted by Crippen LogP contribution is 2.45. The zero-order chi connectivity index (χ0) is 15.3. The maximum absolute atomic E-state index is 3.77. The Balaban J connectivity index is 2.21. The van der Waals surface area contributed by atoms with Gasteiger partial charge in [-0.1, -0.05) is 71.2 Å². The van der Waals surface area contributed by atoms with Crippen LogP contribution in [0.2, 0.25) is 0 Å². The van der Waals surface area contributed by atoms with Gasteiger partial charge in [0.25, 0.3) is 0 Å². The van der Waals surface area contributed by atoms with Gasteiger partial charge in [-0.25, -0.2) is 0 Å². The lowest BCUT2D eigenvalue weighted by atomic mass is 9.68. The maximum atomic E-state index is 3.77. The molecule has 0 aliphatic heterocycles. The van der Waals surface area contributed by atoms with Crippen LogP contribution in [0.25, 0.3) is 0 Å². The number of nitrogens with one attached hydrogen (secondary N) is 1. The Labute approximate surface area is 131 Å².